The lowest BCUT2D eigenvalue weighted by atomic mass is 10.2. The van der Waals surface area contributed by atoms with Gasteiger partial charge >= 0.3 is 0 Å². The number of benzene rings is 1. The molecule has 0 fully saturated rings. The van der Waals surface area contributed by atoms with Crippen LogP contribution in [0.3, 0.4) is 0 Å². The largest absolute Gasteiger partial charge is 0.460 e. The van der Waals surface area contributed by atoms with E-state index >= 15 is 0 Å². The minimum atomic E-state index is 0.385. The van der Waals surface area contributed by atoms with Crippen LogP contribution in [0.2, 0.25) is 0 Å². The number of nitrogens with two attached hydrogens (primary N) is 1. The van der Waals surface area contributed by atoms with Crippen molar-refractivity contribution >= 4 is 11.0 Å². The molecule has 0 aliphatic heterocycles. The molecule has 3 heteroatoms. The van der Waals surface area contributed by atoms with Crippen molar-refractivity contribution in [3.63, 3.8) is 0 Å². The van der Waals surface area contributed by atoms with E-state index in [-0.39, 0.29) is 0 Å². The maximum atomic E-state index is 8.66. The Bertz CT molecular complexity index is 479. The van der Waals surface area contributed by atoms with Gasteiger partial charge < -0.3 is 10.2 Å². The quantitative estimate of drug-likeness (QED) is 0.712. The Kier molecular flexibility index (Phi) is 1.76. The van der Waals surface area contributed by atoms with Crippen molar-refractivity contribution in [2.75, 3.05) is 0 Å². The predicted octanol–water partition coefficient (Wildman–Crippen LogP) is 1.76. The van der Waals surface area contributed by atoms with E-state index in [0.29, 0.717) is 12.1 Å². The highest BCUT2D eigenvalue weighted by Crippen LogP contribution is 2.19. The Morgan fingerprint density at radius 3 is 2.92 bits per heavy atom. The second-order valence-corrected chi connectivity index (χ2v) is 2.78. The lowest BCUT2D eigenvalue weighted by Gasteiger charge is -1.87. The topological polar surface area (TPSA) is 63.0 Å². The minimum Gasteiger partial charge on any atom is -0.460 e. The Labute approximate surface area is 75.4 Å². The maximum Gasteiger partial charge on any atom is 0.134 e. The summed E-state index contributed by atoms with van der Waals surface area (Å²) in [6.07, 6.45) is 0. The lowest BCUT2D eigenvalue weighted by Crippen LogP contribution is -1.92. The molecule has 0 amide bonds. The molecule has 13 heavy (non-hydrogen) atoms. The summed E-state index contributed by atoms with van der Waals surface area (Å²) in [7, 11) is 0. The van der Waals surface area contributed by atoms with Crippen molar-refractivity contribution in [3.05, 3.63) is 35.6 Å². The number of furan rings is 1. The first-order valence-electron chi connectivity index (χ1n) is 3.96. The zero-order chi connectivity index (χ0) is 9.26. The molecule has 2 aromatic rings. The number of nitrogens with zero attached hydrogens (tertiary/aromatic N) is 1. The van der Waals surface area contributed by atoms with Crippen molar-refractivity contribution in [1.29, 1.82) is 5.26 Å². The summed E-state index contributed by atoms with van der Waals surface area (Å²) in [6.45, 7) is 0.385. The van der Waals surface area contributed by atoms with Gasteiger partial charge in [-0.1, -0.05) is 0 Å². The lowest BCUT2D eigenvalue weighted by molar-refractivity contribution is 0.552. The van der Waals surface area contributed by atoms with Gasteiger partial charge in [-0.25, -0.2) is 0 Å². The van der Waals surface area contributed by atoms with E-state index in [1.54, 1.807) is 18.2 Å². The number of nitriles is 1. The Morgan fingerprint density at radius 2 is 2.23 bits per heavy atom. The van der Waals surface area contributed by atoms with Crippen LogP contribution in [0.15, 0.2) is 28.7 Å². The minimum absolute atomic E-state index is 0.385. The highest BCUT2D eigenvalue weighted by molar-refractivity contribution is 5.79. The molecule has 2 N–H and O–H groups in total. The molecular weight excluding hydrogens is 164 g/mol. The standard InChI is InChI=1S/C10H8N2O/c11-5-7-1-2-10-8(3-7)4-9(6-12)13-10/h1-4H,6,12H2. The van der Waals surface area contributed by atoms with Gasteiger partial charge in [-0.2, -0.15) is 5.26 Å². The van der Waals surface area contributed by atoms with E-state index in [4.69, 9.17) is 15.4 Å². The van der Waals surface area contributed by atoms with Crippen LogP contribution in [-0.4, -0.2) is 0 Å². The molecule has 0 radical (unpaired) electrons. The van der Waals surface area contributed by atoms with Gasteiger partial charge in [0.15, 0.2) is 0 Å². The average Bonchev–Trinajstić information content (AvgIpc) is 2.58. The van der Waals surface area contributed by atoms with E-state index in [1.165, 1.54) is 0 Å². The van der Waals surface area contributed by atoms with Crippen molar-refractivity contribution in [2.24, 2.45) is 5.73 Å². The van der Waals surface area contributed by atoms with Gasteiger partial charge in [-0.05, 0) is 24.3 Å². The molecule has 0 saturated heterocycles. The SMILES string of the molecule is N#Cc1ccc2oc(CN)cc2c1. The van der Waals surface area contributed by atoms with Gasteiger partial charge in [0.25, 0.3) is 0 Å². The number of hydrogen-bond acceptors (Lipinski definition) is 3. The second-order valence-electron chi connectivity index (χ2n) is 2.78. The van der Waals surface area contributed by atoms with E-state index in [9.17, 15) is 0 Å². The Balaban J connectivity index is 2.65. The molecule has 2 rings (SSSR count). The van der Waals surface area contributed by atoms with Crippen LogP contribution >= 0.6 is 0 Å². The third kappa shape index (κ3) is 1.28. The molecule has 0 atom stereocenters. The van der Waals surface area contributed by atoms with Crippen LogP contribution in [0.25, 0.3) is 11.0 Å². The van der Waals surface area contributed by atoms with Crippen LogP contribution in [0.5, 0.6) is 0 Å². The first-order valence-corrected chi connectivity index (χ1v) is 3.96. The molecule has 0 saturated carbocycles. The molecule has 1 aromatic carbocycles. The van der Waals surface area contributed by atoms with Gasteiger partial charge in [0.2, 0.25) is 0 Å². The van der Waals surface area contributed by atoms with E-state index in [2.05, 4.69) is 6.07 Å². The fourth-order valence-electron chi connectivity index (χ4n) is 1.27. The van der Waals surface area contributed by atoms with Gasteiger partial charge in [0.1, 0.15) is 11.3 Å². The summed E-state index contributed by atoms with van der Waals surface area (Å²) in [5, 5.41) is 9.59. The van der Waals surface area contributed by atoms with E-state index in [1.807, 2.05) is 6.07 Å². The molecular formula is C10H8N2O. The summed E-state index contributed by atoms with van der Waals surface area (Å²) in [5.74, 6) is 0.741. The Hall–Kier alpha value is -1.79. The van der Waals surface area contributed by atoms with Crippen molar-refractivity contribution in [1.82, 2.24) is 0 Å². The highest BCUT2D eigenvalue weighted by atomic mass is 16.3. The fourth-order valence-corrected chi connectivity index (χ4v) is 1.27. The number of hydrogen-bond donors (Lipinski definition) is 1. The fraction of sp³-hybridized carbons (Fsp3) is 0.100. The molecule has 1 aromatic heterocycles. The summed E-state index contributed by atoms with van der Waals surface area (Å²) in [4.78, 5) is 0. The summed E-state index contributed by atoms with van der Waals surface area (Å²) in [6, 6.07) is 9.23. The molecule has 0 aliphatic carbocycles. The van der Waals surface area contributed by atoms with E-state index in [0.717, 1.165) is 16.7 Å². The van der Waals surface area contributed by atoms with Crippen molar-refractivity contribution in [2.45, 2.75) is 6.54 Å². The van der Waals surface area contributed by atoms with Gasteiger partial charge in [0, 0.05) is 5.39 Å². The maximum absolute atomic E-state index is 8.66. The normalized spacial score (nSPS) is 10.2. The molecule has 0 spiro atoms. The van der Waals surface area contributed by atoms with Gasteiger partial charge in [-0.15, -0.1) is 0 Å². The highest BCUT2D eigenvalue weighted by Gasteiger charge is 2.02. The summed E-state index contributed by atoms with van der Waals surface area (Å²) < 4.78 is 5.38. The summed E-state index contributed by atoms with van der Waals surface area (Å²) in [5.41, 5.74) is 6.84. The van der Waals surface area contributed by atoms with Crippen LogP contribution in [0.4, 0.5) is 0 Å². The van der Waals surface area contributed by atoms with Crippen LogP contribution in [0, 0.1) is 11.3 Å². The predicted molar refractivity (Wildman–Crippen MR) is 48.8 cm³/mol. The smallest absolute Gasteiger partial charge is 0.134 e. The zero-order valence-corrected chi connectivity index (χ0v) is 6.95. The molecule has 0 bridgehead atoms. The Morgan fingerprint density at radius 1 is 1.38 bits per heavy atom. The first-order chi connectivity index (χ1) is 6.33. The second kappa shape index (κ2) is 2.92. The molecule has 64 valence electrons. The third-order valence-electron chi connectivity index (χ3n) is 1.90. The number of rotatable bonds is 1. The molecule has 3 nitrogen and oxygen atoms in total. The molecule has 1 heterocycles. The monoisotopic (exact) mass is 172 g/mol. The summed E-state index contributed by atoms with van der Waals surface area (Å²) >= 11 is 0. The molecule has 0 aliphatic rings. The molecule has 0 unspecified atom stereocenters. The third-order valence-corrected chi connectivity index (χ3v) is 1.90. The average molecular weight is 172 g/mol. The first kappa shape index (κ1) is 7.84. The van der Waals surface area contributed by atoms with Crippen molar-refractivity contribution in [3.8, 4) is 6.07 Å². The van der Waals surface area contributed by atoms with Gasteiger partial charge in [-0.3, -0.25) is 0 Å². The van der Waals surface area contributed by atoms with Crippen molar-refractivity contribution < 1.29 is 4.42 Å². The van der Waals surface area contributed by atoms with Crippen LogP contribution < -0.4 is 5.73 Å². The zero-order valence-electron chi connectivity index (χ0n) is 6.95. The van der Waals surface area contributed by atoms with Crippen LogP contribution in [0.1, 0.15) is 11.3 Å². The van der Waals surface area contributed by atoms with Gasteiger partial charge in [0.05, 0.1) is 18.2 Å². The van der Waals surface area contributed by atoms with E-state index < -0.39 is 0 Å². The van der Waals surface area contributed by atoms with Crippen LogP contribution in [-0.2, 0) is 6.54 Å². The number of fused-ring (bicyclic) bond motifs is 1.